The fourth-order valence-electron chi connectivity index (χ4n) is 3.11. The van der Waals surface area contributed by atoms with Gasteiger partial charge in [-0.05, 0) is 48.0 Å². The summed E-state index contributed by atoms with van der Waals surface area (Å²) in [7, 11) is 1.55. The number of hydrogen-bond donors (Lipinski definition) is 1. The fraction of sp³-hybridized carbons (Fsp3) is 0.0833. The van der Waals surface area contributed by atoms with E-state index in [0.717, 1.165) is 11.1 Å². The molecule has 0 saturated carbocycles. The number of nitrogens with one attached hydrogen (secondary N) is 1. The molecule has 3 aromatic carbocycles. The van der Waals surface area contributed by atoms with Crippen molar-refractivity contribution in [3.8, 4) is 17.1 Å². The molecule has 0 unspecified atom stereocenters. The third-order valence-electron chi connectivity index (χ3n) is 4.59. The van der Waals surface area contributed by atoms with Gasteiger partial charge in [0.2, 0.25) is 5.91 Å². The minimum Gasteiger partial charge on any atom is -0.497 e. The van der Waals surface area contributed by atoms with Crippen molar-refractivity contribution < 1.29 is 13.9 Å². The topological polar surface area (TPSA) is 68.5 Å². The Bertz CT molecular complexity index is 1210. The summed E-state index contributed by atoms with van der Waals surface area (Å²) >= 11 is 0. The number of amides is 1. The van der Waals surface area contributed by atoms with Gasteiger partial charge in [-0.2, -0.15) is 0 Å². The van der Waals surface area contributed by atoms with Gasteiger partial charge in [0.15, 0.2) is 5.43 Å². The van der Waals surface area contributed by atoms with E-state index < -0.39 is 0 Å². The molecule has 4 rings (SSSR count). The van der Waals surface area contributed by atoms with E-state index in [1.54, 1.807) is 37.4 Å². The molecule has 0 aliphatic carbocycles. The van der Waals surface area contributed by atoms with Crippen LogP contribution in [0.2, 0.25) is 0 Å². The maximum absolute atomic E-state index is 12.5. The van der Waals surface area contributed by atoms with Crippen LogP contribution in [0.25, 0.3) is 22.3 Å². The second-order valence-electron chi connectivity index (χ2n) is 6.62. The van der Waals surface area contributed by atoms with Crippen molar-refractivity contribution in [1.29, 1.82) is 0 Å². The first kappa shape index (κ1) is 18.5. The van der Waals surface area contributed by atoms with Gasteiger partial charge in [0.05, 0.1) is 18.9 Å². The van der Waals surface area contributed by atoms with Gasteiger partial charge in [-0.3, -0.25) is 9.59 Å². The van der Waals surface area contributed by atoms with Gasteiger partial charge in [-0.15, -0.1) is 0 Å². The van der Waals surface area contributed by atoms with Crippen molar-refractivity contribution in [2.75, 3.05) is 12.4 Å². The van der Waals surface area contributed by atoms with Gasteiger partial charge in [0.25, 0.3) is 0 Å². The first-order valence-electron chi connectivity index (χ1n) is 9.18. The molecule has 0 radical (unpaired) electrons. The predicted molar refractivity (Wildman–Crippen MR) is 113 cm³/mol. The zero-order chi connectivity index (χ0) is 20.2. The number of methoxy groups -OCH3 is 1. The molecular weight excluding hydrogens is 366 g/mol. The van der Waals surface area contributed by atoms with Gasteiger partial charge in [0.1, 0.15) is 17.1 Å². The molecule has 0 fully saturated rings. The van der Waals surface area contributed by atoms with Gasteiger partial charge in [-0.1, -0.05) is 30.3 Å². The summed E-state index contributed by atoms with van der Waals surface area (Å²) in [6, 6.07) is 23.4. The number of rotatable bonds is 5. The van der Waals surface area contributed by atoms with E-state index in [1.165, 1.54) is 6.07 Å². The first-order chi connectivity index (χ1) is 14.1. The second kappa shape index (κ2) is 8.02. The minimum absolute atomic E-state index is 0.0878. The molecule has 0 saturated heterocycles. The highest BCUT2D eigenvalue weighted by Crippen LogP contribution is 2.25. The van der Waals surface area contributed by atoms with Crippen LogP contribution in [0.5, 0.6) is 5.75 Å². The van der Waals surface area contributed by atoms with E-state index in [-0.39, 0.29) is 11.3 Å². The van der Waals surface area contributed by atoms with Crippen molar-refractivity contribution in [2.45, 2.75) is 6.42 Å². The molecule has 1 N–H and O–H groups in total. The van der Waals surface area contributed by atoms with E-state index in [0.29, 0.717) is 34.6 Å². The SMILES string of the molecule is COc1ccc2oc(-c3ccc(NC(=O)Cc4ccccc4)cc3)cc(=O)c2c1. The summed E-state index contributed by atoms with van der Waals surface area (Å²) in [5, 5.41) is 3.35. The monoisotopic (exact) mass is 385 g/mol. The summed E-state index contributed by atoms with van der Waals surface area (Å²) in [6.45, 7) is 0. The molecule has 1 aromatic heterocycles. The lowest BCUT2D eigenvalue weighted by Crippen LogP contribution is -2.14. The number of carbonyl (C=O) groups excluding carboxylic acids is 1. The van der Waals surface area contributed by atoms with Crippen LogP contribution in [-0.2, 0) is 11.2 Å². The number of fused-ring (bicyclic) bond motifs is 1. The maximum Gasteiger partial charge on any atom is 0.228 e. The molecule has 0 spiro atoms. The molecule has 0 bridgehead atoms. The summed E-state index contributed by atoms with van der Waals surface area (Å²) < 4.78 is 11.0. The Morgan fingerprint density at radius 3 is 2.45 bits per heavy atom. The first-order valence-corrected chi connectivity index (χ1v) is 9.18. The summed E-state index contributed by atoms with van der Waals surface area (Å²) in [4.78, 5) is 24.7. The summed E-state index contributed by atoms with van der Waals surface area (Å²) in [6.07, 6.45) is 0.311. The van der Waals surface area contributed by atoms with Gasteiger partial charge in [0, 0.05) is 17.3 Å². The van der Waals surface area contributed by atoms with E-state index in [2.05, 4.69) is 5.32 Å². The number of benzene rings is 3. The van der Waals surface area contributed by atoms with Crippen LogP contribution in [0.3, 0.4) is 0 Å². The summed E-state index contributed by atoms with van der Waals surface area (Å²) in [5.41, 5.74) is 2.74. The van der Waals surface area contributed by atoms with E-state index in [1.807, 2.05) is 42.5 Å². The van der Waals surface area contributed by atoms with Crippen molar-refractivity contribution >= 4 is 22.6 Å². The molecule has 144 valence electrons. The largest absolute Gasteiger partial charge is 0.497 e. The molecule has 0 aliphatic heterocycles. The van der Waals surface area contributed by atoms with E-state index in [4.69, 9.17) is 9.15 Å². The third kappa shape index (κ3) is 4.19. The minimum atomic E-state index is -0.139. The normalized spacial score (nSPS) is 10.7. The van der Waals surface area contributed by atoms with Gasteiger partial charge in [-0.25, -0.2) is 0 Å². The van der Waals surface area contributed by atoms with Crippen LogP contribution in [0, 0.1) is 0 Å². The molecule has 29 heavy (non-hydrogen) atoms. The maximum atomic E-state index is 12.5. The van der Waals surface area contributed by atoms with Gasteiger partial charge >= 0.3 is 0 Å². The van der Waals surface area contributed by atoms with Crippen LogP contribution >= 0.6 is 0 Å². The standard InChI is InChI=1S/C24H19NO4/c1-28-19-11-12-22-20(14-19)21(26)15-23(29-22)17-7-9-18(10-8-17)25-24(27)13-16-5-3-2-4-6-16/h2-12,14-15H,13H2,1H3,(H,25,27). The van der Waals surface area contributed by atoms with Crippen LogP contribution < -0.4 is 15.5 Å². The lowest BCUT2D eigenvalue weighted by atomic mass is 10.1. The molecule has 1 heterocycles. The highest BCUT2D eigenvalue weighted by Gasteiger charge is 2.09. The Morgan fingerprint density at radius 1 is 0.966 bits per heavy atom. The van der Waals surface area contributed by atoms with Crippen LogP contribution in [0.1, 0.15) is 5.56 Å². The Hall–Kier alpha value is -3.86. The van der Waals surface area contributed by atoms with Crippen LogP contribution in [-0.4, -0.2) is 13.0 Å². The highest BCUT2D eigenvalue weighted by atomic mass is 16.5. The fourth-order valence-corrected chi connectivity index (χ4v) is 3.11. The summed E-state index contributed by atoms with van der Waals surface area (Å²) in [5.74, 6) is 0.984. The molecule has 0 atom stereocenters. The molecule has 5 heteroatoms. The van der Waals surface area contributed by atoms with Crippen molar-refractivity contribution in [2.24, 2.45) is 0 Å². The molecular formula is C24H19NO4. The Morgan fingerprint density at radius 2 is 1.72 bits per heavy atom. The third-order valence-corrected chi connectivity index (χ3v) is 4.59. The van der Waals surface area contributed by atoms with E-state index in [9.17, 15) is 9.59 Å². The number of carbonyl (C=O) groups is 1. The Labute approximate surface area is 167 Å². The van der Waals surface area contributed by atoms with Crippen LogP contribution in [0.15, 0.2) is 88.1 Å². The number of hydrogen-bond acceptors (Lipinski definition) is 4. The molecule has 0 aliphatic rings. The molecule has 1 amide bonds. The molecule has 5 nitrogen and oxygen atoms in total. The average molecular weight is 385 g/mol. The van der Waals surface area contributed by atoms with Crippen LogP contribution in [0.4, 0.5) is 5.69 Å². The van der Waals surface area contributed by atoms with Crippen molar-refractivity contribution in [1.82, 2.24) is 0 Å². The molecule has 4 aromatic rings. The Kier molecular flexibility index (Phi) is 5.12. The van der Waals surface area contributed by atoms with Crippen molar-refractivity contribution in [3.05, 3.63) is 94.6 Å². The second-order valence-corrected chi connectivity index (χ2v) is 6.62. The lowest BCUT2D eigenvalue weighted by molar-refractivity contribution is -0.115. The lowest BCUT2D eigenvalue weighted by Gasteiger charge is -2.08. The smallest absolute Gasteiger partial charge is 0.228 e. The number of anilines is 1. The quantitative estimate of drug-likeness (QED) is 0.543. The zero-order valence-electron chi connectivity index (χ0n) is 15.8. The van der Waals surface area contributed by atoms with Crippen molar-refractivity contribution in [3.63, 3.8) is 0 Å². The Balaban J connectivity index is 1.53. The highest BCUT2D eigenvalue weighted by molar-refractivity contribution is 5.92. The van der Waals surface area contributed by atoms with Gasteiger partial charge < -0.3 is 14.5 Å². The zero-order valence-corrected chi connectivity index (χ0v) is 15.8. The van der Waals surface area contributed by atoms with E-state index >= 15 is 0 Å². The predicted octanol–water partition coefficient (Wildman–Crippen LogP) is 4.65. The average Bonchev–Trinajstić information content (AvgIpc) is 2.74. The number of ether oxygens (including phenoxy) is 1.